The van der Waals surface area contributed by atoms with Crippen molar-refractivity contribution in [2.75, 3.05) is 13.1 Å². The molecule has 0 radical (unpaired) electrons. The zero-order chi connectivity index (χ0) is 18.5. The van der Waals surface area contributed by atoms with Gasteiger partial charge in [-0.05, 0) is 56.0 Å². The molecule has 1 fully saturated rings. The molecule has 1 N–H and O–H groups in total. The van der Waals surface area contributed by atoms with Crippen LogP contribution < -0.4 is 10.1 Å². The van der Waals surface area contributed by atoms with Crippen LogP contribution in [0.3, 0.4) is 0 Å². The van der Waals surface area contributed by atoms with Crippen molar-refractivity contribution in [2.24, 2.45) is 0 Å². The molecule has 0 spiro atoms. The Hall–Kier alpha value is -2.56. The standard InChI is InChI=1S/C21H26N2O3/c1-15(21(25)23-12-6-3-7-13-23)22-20(24)16(2)26-19-11-10-17-8-4-5-9-18(17)14-19/h4-5,8-11,14-16H,3,6-7,12-13H2,1-2H3,(H,22,24). The van der Waals surface area contributed by atoms with Crippen molar-refractivity contribution < 1.29 is 14.3 Å². The maximum absolute atomic E-state index is 12.4. The number of benzene rings is 2. The van der Waals surface area contributed by atoms with Gasteiger partial charge in [-0.1, -0.05) is 30.3 Å². The highest BCUT2D eigenvalue weighted by Crippen LogP contribution is 2.21. The largest absolute Gasteiger partial charge is 0.481 e. The number of carbonyl (C=O) groups is 2. The summed E-state index contributed by atoms with van der Waals surface area (Å²) in [5.41, 5.74) is 0. The van der Waals surface area contributed by atoms with Gasteiger partial charge in [0.05, 0.1) is 0 Å². The first-order valence-electron chi connectivity index (χ1n) is 9.29. The van der Waals surface area contributed by atoms with E-state index in [4.69, 9.17) is 4.74 Å². The summed E-state index contributed by atoms with van der Waals surface area (Å²) in [5.74, 6) is 0.341. The third kappa shape index (κ3) is 4.34. The first kappa shape index (κ1) is 18.2. The summed E-state index contributed by atoms with van der Waals surface area (Å²) in [6.07, 6.45) is 2.57. The number of fused-ring (bicyclic) bond motifs is 1. The number of rotatable bonds is 5. The molecular weight excluding hydrogens is 328 g/mol. The second kappa shape index (κ2) is 8.21. The van der Waals surface area contributed by atoms with Crippen LogP contribution in [-0.4, -0.2) is 41.9 Å². The molecule has 3 rings (SSSR count). The Morgan fingerprint density at radius 2 is 1.69 bits per heavy atom. The van der Waals surface area contributed by atoms with E-state index < -0.39 is 12.1 Å². The number of hydrogen-bond donors (Lipinski definition) is 1. The maximum Gasteiger partial charge on any atom is 0.261 e. The summed E-state index contributed by atoms with van der Waals surface area (Å²) in [4.78, 5) is 26.7. The molecule has 2 aromatic rings. The molecule has 0 saturated carbocycles. The highest BCUT2D eigenvalue weighted by molar-refractivity contribution is 5.89. The molecule has 1 saturated heterocycles. The van der Waals surface area contributed by atoms with E-state index in [0.29, 0.717) is 5.75 Å². The van der Waals surface area contributed by atoms with Gasteiger partial charge in [0.1, 0.15) is 11.8 Å². The first-order chi connectivity index (χ1) is 12.5. The van der Waals surface area contributed by atoms with Gasteiger partial charge in [-0.3, -0.25) is 9.59 Å². The number of likely N-dealkylation sites (tertiary alicyclic amines) is 1. The Balaban J connectivity index is 1.57. The van der Waals surface area contributed by atoms with Gasteiger partial charge in [-0.2, -0.15) is 0 Å². The summed E-state index contributed by atoms with van der Waals surface area (Å²) in [6, 6.07) is 13.2. The van der Waals surface area contributed by atoms with E-state index in [-0.39, 0.29) is 11.8 Å². The van der Waals surface area contributed by atoms with Crippen LogP contribution in [-0.2, 0) is 9.59 Å². The molecule has 2 unspecified atom stereocenters. The van der Waals surface area contributed by atoms with Crippen LogP contribution in [0.2, 0.25) is 0 Å². The monoisotopic (exact) mass is 354 g/mol. The quantitative estimate of drug-likeness (QED) is 0.897. The highest BCUT2D eigenvalue weighted by Gasteiger charge is 2.25. The van der Waals surface area contributed by atoms with Gasteiger partial charge in [0, 0.05) is 13.1 Å². The van der Waals surface area contributed by atoms with Crippen molar-refractivity contribution in [3.05, 3.63) is 42.5 Å². The van der Waals surface area contributed by atoms with E-state index in [9.17, 15) is 9.59 Å². The Labute approximate surface area is 154 Å². The molecule has 2 aromatic carbocycles. The van der Waals surface area contributed by atoms with Crippen LogP contribution in [0.1, 0.15) is 33.1 Å². The second-order valence-electron chi connectivity index (χ2n) is 6.89. The van der Waals surface area contributed by atoms with E-state index in [1.165, 1.54) is 6.42 Å². The fraction of sp³-hybridized carbons (Fsp3) is 0.429. The molecule has 138 valence electrons. The minimum absolute atomic E-state index is 0.0176. The smallest absolute Gasteiger partial charge is 0.261 e. The number of nitrogens with zero attached hydrogens (tertiary/aromatic N) is 1. The number of hydrogen-bond acceptors (Lipinski definition) is 3. The Kier molecular flexibility index (Phi) is 5.76. The van der Waals surface area contributed by atoms with Crippen LogP contribution in [0, 0.1) is 0 Å². The lowest BCUT2D eigenvalue weighted by atomic mass is 10.1. The molecule has 0 bridgehead atoms. The van der Waals surface area contributed by atoms with Gasteiger partial charge in [0.2, 0.25) is 5.91 Å². The Morgan fingerprint density at radius 3 is 2.42 bits per heavy atom. The lowest BCUT2D eigenvalue weighted by Crippen LogP contribution is -2.51. The zero-order valence-corrected chi connectivity index (χ0v) is 15.4. The summed E-state index contributed by atoms with van der Waals surface area (Å²) < 4.78 is 5.77. The van der Waals surface area contributed by atoms with Crippen LogP contribution in [0.15, 0.2) is 42.5 Å². The molecule has 5 nitrogen and oxygen atoms in total. The molecule has 26 heavy (non-hydrogen) atoms. The predicted octanol–water partition coefficient (Wildman–Crippen LogP) is 3.12. The average molecular weight is 354 g/mol. The van der Waals surface area contributed by atoms with Crippen molar-refractivity contribution in [3.63, 3.8) is 0 Å². The number of ether oxygens (including phenoxy) is 1. The van der Waals surface area contributed by atoms with Crippen LogP contribution in [0.5, 0.6) is 5.75 Å². The number of piperidine rings is 1. The van der Waals surface area contributed by atoms with Crippen molar-refractivity contribution in [1.82, 2.24) is 10.2 Å². The van der Waals surface area contributed by atoms with Crippen molar-refractivity contribution in [2.45, 2.75) is 45.3 Å². The minimum Gasteiger partial charge on any atom is -0.481 e. The third-order valence-electron chi connectivity index (χ3n) is 4.80. The molecule has 0 aliphatic carbocycles. The molecule has 0 aromatic heterocycles. The molecule has 1 aliphatic rings. The van der Waals surface area contributed by atoms with Gasteiger partial charge in [0.15, 0.2) is 6.10 Å². The number of nitrogens with one attached hydrogen (secondary N) is 1. The summed E-state index contributed by atoms with van der Waals surface area (Å²) in [7, 11) is 0. The van der Waals surface area contributed by atoms with Gasteiger partial charge in [-0.15, -0.1) is 0 Å². The zero-order valence-electron chi connectivity index (χ0n) is 15.4. The molecular formula is C21H26N2O3. The second-order valence-corrected chi connectivity index (χ2v) is 6.89. The first-order valence-corrected chi connectivity index (χ1v) is 9.29. The summed E-state index contributed by atoms with van der Waals surface area (Å²) in [5, 5.41) is 4.96. The van der Waals surface area contributed by atoms with E-state index in [0.717, 1.165) is 36.7 Å². The summed E-state index contributed by atoms with van der Waals surface area (Å²) in [6.45, 7) is 4.99. The average Bonchev–Trinajstić information content (AvgIpc) is 2.67. The van der Waals surface area contributed by atoms with Crippen molar-refractivity contribution >= 4 is 22.6 Å². The Morgan fingerprint density at radius 1 is 1.00 bits per heavy atom. The number of amides is 2. The van der Waals surface area contributed by atoms with E-state index in [1.54, 1.807) is 13.8 Å². The molecule has 1 aliphatic heterocycles. The van der Waals surface area contributed by atoms with Crippen LogP contribution in [0.25, 0.3) is 10.8 Å². The highest BCUT2D eigenvalue weighted by atomic mass is 16.5. The molecule has 5 heteroatoms. The molecule has 2 atom stereocenters. The normalized spacial score (nSPS) is 16.8. The predicted molar refractivity (Wildman–Crippen MR) is 102 cm³/mol. The van der Waals surface area contributed by atoms with E-state index in [1.807, 2.05) is 47.4 Å². The Bertz CT molecular complexity index is 784. The van der Waals surface area contributed by atoms with E-state index >= 15 is 0 Å². The van der Waals surface area contributed by atoms with Crippen LogP contribution >= 0.6 is 0 Å². The van der Waals surface area contributed by atoms with Gasteiger partial charge >= 0.3 is 0 Å². The fourth-order valence-electron chi connectivity index (χ4n) is 3.28. The molecule has 2 amide bonds. The van der Waals surface area contributed by atoms with Crippen molar-refractivity contribution in [3.8, 4) is 5.75 Å². The minimum atomic E-state index is -0.673. The van der Waals surface area contributed by atoms with Gasteiger partial charge in [0.25, 0.3) is 5.91 Å². The third-order valence-corrected chi connectivity index (χ3v) is 4.80. The van der Waals surface area contributed by atoms with Crippen molar-refractivity contribution in [1.29, 1.82) is 0 Å². The van der Waals surface area contributed by atoms with E-state index in [2.05, 4.69) is 5.32 Å². The number of carbonyl (C=O) groups excluding carboxylic acids is 2. The summed E-state index contributed by atoms with van der Waals surface area (Å²) >= 11 is 0. The van der Waals surface area contributed by atoms with Gasteiger partial charge in [-0.25, -0.2) is 0 Å². The SMILES string of the molecule is CC(NC(=O)C(C)Oc1ccc2ccccc2c1)C(=O)N1CCCCC1. The van der Waals surface area contributed by atoms with Gasteiger partial charge < -0.3 is 15.0 Å². The fourth-order valence-corrected chi connectivity index (χ4v) is 3.28. The molecule has 1 heterocycles. The topological polar surface area (TPSA) is 58.6 Å². The maximum atomic E-state index is 12.4. The van der Waals surface area contributed by atoms with Crippen LogP contribution in [0.4, 0.5) is 0 Å². The lowest BCUT2D eigenvalue weighted by Gasteiger charge is -2.29. The lowest BCUT2D eigenvalue weighted by molar-refractivity contribution is -0.138.